The van der Waals surface area contributed by atoms with Crippen molar-refractivity contribution in [3.8, 4) is 11.4 Å². The highest BCUT2D eigenvalue weighted by atomic mass is 35.5. The highest BCUT2D eigenvalue weighted by molar-refractivity contribution is 6.38. The number of aromatic nitrogens is 5. The third kappa shape index (κ3) is 2.73. The zero-order valence-corrected chi connectivity index (χ0v) is 12.6. The molecule has 0 aliphatic rings. The number of benzene rings is 1. The Morgan fingerprint density at radius 1 is 1.09 bits per heavy atom. The van der Waals surface area contributed by atoms with Gasteiger partial charge >= 0.3 is 6.18 Å². The Balaban J connectivity index is 2.13. The summed E-state index contributed by atoms with van der Waals surface area (Å²) in [5.41, 5.74) is 5.43. The molecule has 23 heavy (non-hydrogen) atoms. The maximum Gasteiger partial charge on any atom is 0.416 e. The van der Waals surface area contributed by atoms with Crippen molar-refractivity contribution in [2.24, 2.45) is 0 Å². The first kappa shape index (κ1) is 15.6. The predicted octanol–water partition coefficient (Wildman–Crippen LogP) is 3.36. The van der Waals surface area contributed by atoms with Crippen molar-refractivity contribution >= 4 is 29.0 Å². The molecule has 0 radical (unpaired) electrons. The summed E-state index contributed by atoms with van der Waals surface area (Å²) in [4.78, 5) is 3.78. The van der Waals surface area contributed by atoms with Crippen molar-refractivity contribution in [3.63, 3.8) is 0 Å². The van der Waals surface area contributed by atoms with Crippen LogP contribution in [0.5, 0.6) is 0 Å². The lowest BCUT2D eigenvalue weighted by molar-refractivity contribution is -0.137. The molecule has 0 atom stereocenters. The molecule has 0 unspecified atom stereocenters. The lowest BCUT2D eigenvalue weighted by Gasteiger charge is -2.13. The number of halogens is 5. The Kier molecular flexibility index (Phi) is 3.69. The van der Waals surface area contributed by atoms with Crippen LogP contribution in [0.1, 0.15) is 5.56 Å². The van der Waals surface area contributed by atoms with Crippen molar-refractivity contribution in [1.29, 1.82) is 0 Å². The summed E-state index contributed by atoms with van der Waals surface area (Å²) in [6.45, 7) is 0. The predicted molar refractivity (Wildman–Crippen MR) is 77.9 cm³/mol. The second-order valence-electron chi connectivity index (χ2n) is 4.45. The molecular weight excluding hydrogens is 356 g/mol. The maximum absolute atomic E-state index is 12.8. The number of nitrogens with zero attached hydrogens (tertiary/aromatic N) is 5. The molecule has 0 bridgehead atoms. The second kappa shape index (κ2) is 5.43. The summed E-state index contributed by atoms with van der Waals surface area (Å²) in [5, 5.41) is 7.45. The van der Waals surface area contributed by atoms with Crippen LogP contribution in [0.4, 0.5) is 19.0 Å². The monoisotopic (exact) mass is 362 g/mol. The van der Waals surface area contributed by atoms with Gasteiger partial charge in [-0.05, 0) is 12.1 Å². The van der Waals surface area contributed by atoms with Gasteiger partial charge in [0.15, 0.2) is 5.82 Å². The van der Waals surface area contributed by atoms with E-state index in [-0.39, 0.29) is 21.6 Å². The third-order valence-corrected chi connectivity index (χ3v) is 3.58. The fraction of sp³-hybridized carbons (Fsp3) is 0.0833. The van der Waals surface area contributed by atoms with E-state index in [1.807, 2.05) is 0 Å². The van der Waals surface area contributed by atoms with Crippen LogP contribution in [0.2, 0.25) is 10.0 Å². The molecule has 6 nitrogen and oxygen atoms in total. The van der Waals surface area contributed by atoms with Crippen LogP contribution >= 0.6 is 23.2 Å². The van der Waals surface area contributed by atoms with Gasteiger partial charge in [-0.3, -0.25) is 0 Å². The Labute approximate surface area is 137 Å². The van der Waals surface area contributed by atoms with Gasteiger partial charge in [-0.2, -0.15) is 23.4 Å². The lowest BCUT2D eigenvalue weighted by atomic mass is 10.2. The van der Waals surface area contributed by atoms with Gasteiger partial charge in [0.05, 0.1) is 21.8 Å². The van der Waals surface area contributed by atoms with Crippen LogP contribution in [0.15, 0.2) is 31.0 Å². The van der Waals surface area contributed by atoms with Crippen LogP contribution < -0.4 is 5.73 Å². The van der Waals surface area contributed by atoms with E-state index in [9.17, 15) is 13.2 Å². The van der Waals surface area contributed by atoms with Crippen molar-refractivity contribution in [2.45, 2.75) is 6.18 Å². The molecule has 0 amide bonds. The number of anilines is 1. The van der Waals surface area contributed by atoms with Gasteiger partial charge in [-0.15, -0.1) is 0 Å². The fourth-order valence-corrected chi connectivity index (χ4v) is 2.62. The Bertz CT molecular complexity index is 833. The van der Waals surface area contributed by atoms with E-state index in [1.54, 1.807) is 0 Å². The third-order valence-electron chi connectivity index (χ3n) is 3.01. The first-order valence-corrected chi connectivity index (χ1v) is 6.79. The van der Waals surface area contributed by atoms with E-state index < -0.39 is 11.7 Å². The molecule has 0 saturated heterocycles. The maximum atomic E-state index is 12.8. The quantitative estimate of drug-likeness (QED) is 0.758. The average Bonchev–Trinajstić information content (AvgIpc) is 3.07. The molecule has 3 aromatic rings. The summed E-state index contributed by atoms with van der Waals surface area (Å²) in [6.07, 6.45) is -0.496. The molecule has 0 aliphatic carbocycles. The van der Waals surface area contributed by atoms with Gasteiger partial charge in [0.25, 0.3) is 0 Å². The highest BCUT2D eigenvalue weighted by Gasteiger charge is 2.32. The molecule has 120 valence electrons. The Morgan fingerprint density at radius 3 is 2.26 bits per heavy atom. The molecule has 2 heterocycles. The minimum absolute atomic E-state index is 0.0465. The molecular formula is C12H7Cl2F3N6. The van der Waals surface area contributed by atoms with E-state index in [2.05, 4.69) is 15.2 Å². The minimum Gasteiger partial charge on any atom is -0.382 e. The van der Waals surface area contributed by atoms with Crippen molar-refractivity contribution in [1.82, 2.24) is 24.5 Å². The van der Waals surface area contributed by atoms with Gasteiger partial charge in [0, 0.05) is 0 Å². The summed E-state index contributed by atoms with van der Waals surface area (Å²) in [5.74, 6) is 0.0964. The molecule has 0 spiro atoms. The van der Waals surface area contributed by atoms with Gasteiger partial charge in [-0.25, -0.2) is 14.3 Å². The van der Waals surface area contributed by atoms with E-state index >= 15 is 0 Å². The summed E-state index contributed by atoms with van der Waals surface area (Å²) < 4.78 is 40.8. The average molecular weight is 363 g/mol. The van der Waals surface area contributed by atoms with E-state index in [0.717, 1.165) is 16.8 Å². The molecule has 1 aromatic carbocycles. The van der Waals surface area contributed by atoms with E-state index in [1.165, 1.54) is 23.5 Å². The number of nitrogens with two attached hydrogens (primary N) is 1. The lowest BCUT2D eigenvalue weighted by Crippen LogP contribution is -2.09. The van der Waals surface area contributed by atoms with Crippen LogP contribution in [0, 0.1) is 0 Å². The van der Waals surface area contributed by atoms with E-state index in [4.69, 9.17) is 28.9 Å². The fourth-order valence-electron chi connectivity index (χ4n) is 1.97. The number of nitrogen functional groups attached to an aromatic ring is 1. The smallest absolute Gasteiger partial charge is 0.382 e. The standard InChI is InChI=1S/C12H7Cl2F3N6/c13-7-1-6(12(15,16)17)2-8(14)10(7)23-11(18)9(3-20-23)22-5-19-4-21-22/h1-5H,18H2. The molecule has 11 heteroatoms. The molecule has 2 aromatic heterocycles. The van der Waals surface area contributed by atoms with Gasteiger partial charge in [0.1, 0.15) is 24.0 Å². The number of alkyl halides is 3. The normalized spacial score (nSPS) is 11.9. The van der Waals surface area contributed by atoms with Crippen molar-refractivity contribution < 1.29 is 13.2 Å². The van der Waals surface area contributed by atoms with E-state index in [0.29, 0.717) is 5.69 Å². The first-order valence-electron chi connectivity index (χ1n) is 6.04. The largest absolute Gasteiger partial charge is 0.416 e. The number of hydrogen-bond donors (Lipinski definition) is 1. The molecule has 0 saturated carbocycles. The summed E-state index contributed by atoms with van der Waals surface area (Å²) >= 11 is 11.9. The highest BCUT2D eigenvalue weighted by Crippen LogP contribution is 2.38. The molecule has 3 rings (SSSR count). The molecule has 0 fully saturated rings. The van der Waals surface area contributed by atoms with Gasteiger partial charge in [-0.1, -0.05) is 23.2 Å². The van der Waals surface area contributed by atoms with Gasteiger partial charge in [0.2, 0.25) is 0 Å². The SMILES string of the molecule is Nc1c(-n2cncn2)cnn1-c1c(Cl)cc(C(F)(F)F)cc1Cl. The number of rotatable bonds is 2. The summed E-state index contributed by atoms with van der Waals surface area (Å²) in [7, 11) is 0. The van der Waals surface area contributed by atoms with Crippen molar-refractivity contribution in [3.05, 3.63) is 46.6 Å². The topological polar surface area (TPSA) is 74.6 Å². The zero-order valence-electron chi connectivity index (χ0n) is 11.1. The Morgan fingerprint density at radius 2 is 1.74 bits per heavy atom. The summed E-state index contributed by atoms with van der Waals surface area (Å²) in [6, 6.07) is 1.53. The van der Waals surface area contributed by atoms with Crippen LogP contribution in [0.3, 0.4) is 0 Å². The Hall–Kier alpha value is -2.26. The minimum atomic E-state index is -4.56. The van der Waals surface area contributed by atoms with Gasteiger partial charge < -0.3 is 5.73 Å². The first-order chi connectivity index (χ1) is 10.8. The van der Waals surface area contributed by atoms with Crippen molar-refractivity contribution in [2.75, 3.05) is 5.73 Å². The number of hydrogen-bond acceptors (Lipinski definition) is 4. The molecule has 0 aliphatic heterocycles. The van der Waals surface area contributed by atoms with Crippen LogP contribution in [0.25, 0.3) is 11.4 Å². The van der Waals surface area contributed by atoms with Crippen LogP contribution in [-0.2, 0) is 6.18 Å². The van der Waals surface area contributed by atoms with Crippen LogP contribution in [-0.4, -0.2) is 24.5 Å². The second-order valence-corrected chi connectivity index (χ2v) is 5.27. The zero-order chi connectivity index (χ0) is 16.8. The molecule has 2 N–H and O–H groups in total.